The molecule has 1 N–H and O–H groups in total. The summed E-state index contributed by atoms with van der Waals surface area (Å²) in [6.45, 7) is 4.07. The van der Waals surface area contributed by atoms with Crippen molar-refractivity contribution in [3.8, 4) is 0 Å². The Morgan fingerprint density at radius 1 is 1.41 bits per heavy atom. The van der Waals surface area contributed by atoms with Crippen molar-refractivity contribution < 1.29 is 5.11 Å². The third-order valence-electron chi connectivity index (χ3n) is 3.86. The minimum atomic E-state index is -0.420. The third-order valence-corrected chi connectivity index (χ3v) is 4.89. The Bertz CT molecular complexity index is 340. The highest BCUT2D eigenvalue weighted by Crippen LogP contribution is 2.38. The molecule has 3 heteroatoms. The fourth-order valence-electron chi connectivity index (χ4n) is 2.79. The zero-order valence-corrected chi connectivity index (χ0v) is 11.7. The molecule has 1 atom stereocenters. The van der Waals surface area contributed by atoms with Crippen LogP contribution < -0.4 is 0 Å². The summed E-state index contributed by atoms with van der Waals surface area (Å²) >= 11 is 1.73. The largest absolute Gasteiger partial charge is 0.387 e. The van der Waals surface area contributed by atoms with Crippen LogP contribution in [0.5, 0.6) is 0 Å². The molecule has 17 heavy (non-hydrogen) atoms. The number of aliphatic hydroxyl groups excluding tert-OH is 1. The summed E-state index contributed by atoms with van der Waals surface area (Å²) in [7, 11) is 0. The molecule has 0 aliphatic heterocycles. The van der Waals surface area contributed by atoms with Crippen molar-refractivity contribution in [1.29, 1.82) is 0 Å². The van der Waals surface area contributed by atoms with Gasteiger partial charge in [-0.05, 0) is 38.5 Å². The van der Waals surface area contributed by atoms with Crippen LogP contribution in [0.15, 0.2) is 5.38 Å². The van der Waals surface area contributed by atoms with E-state index in [0.717, 1.165) is 11.6 Å². The van der Waals surface area contributed by atoms with Gasteiger partial charge in [-0.3, -0.25) is 0 Å². The molecule has 1 saturated carbocycles. The molecule has 96 valence electrons. The first-order valence-corrected chi connectivity index (χ1v) is 7.72. The van der Waals surface area contributed by atoms with E-state index in [4.69, 9.17) is 0 Å². The molecule has 1 aliphatic carbocycles. The molecule has 2 nitrogen and oxygen atoms in total. The highest BCUT2D eigenvalue weighted by Gasteiger charge is 2.24. The summed E-state index contributed by atoms with van der Waals surface area (Å²) in [5.41, 5.74) is 0.848. The molecule has 1 aliphatic rings. The Labute approximate surface area is 108 Å². The second-order valence-electron chi connectivity index (χ2n) is 5.29. The van der Waals surface area contributed by atoms with Gasteiger partial charge in [0, 0.05) is 11.3 Å². The van der Waals surface area contributed by atoms with E-state index in [9.17, 15) is 5.11 Å². The topological polar surface area (TPSA) is 33.1 Å². The number of aliphatic hydroxyl groups is 1. The molecule has 1 aromatic heterocycles. The molecular weight excluding hydrogens is 230 g/mol. The lowest BCUT2D eigenvalue weighted by Crippen LogP contribution is -2.13. The van der Waals surface area contributed by atoms with Crippen LogP contribution in [0.4, 0.5) is 0 Å². The van der Waals surface area contributed by atoms with Crippen molar-refractivity contribution in [3.05, 3.63) is 16.1 Å². The highest BCUT2D eigenvalue weighted by molar-refractivity contribution is 7.09. The maximum absolute atomic E-state index is 9.49. The molecular formula is C14H23NOS. The summed E-state index contributed by atoms with van der Waals surface area (Å²) in [5.74, 6) is 1.60. The van der Waals surface area contributed by atoms with E-state index in [1.54, 1.807) is 18.3 Å². The van der Waals surface area contributed by atoms with Crippen molar-refractivity contribution >= 4 is 11.3 Å². The van der Waals surface area contributed by atoms with Crippen LogP contribution in [0.2, 0.25) is 0 Å². The summed E-state index contributed by atoms with van der Waals surface area (Å²) < 4.78 is 0. The Balaban J connectivity index is 1.91. The van der Waals surface area contributed by atoms with Gasteiger partial charge in [0.2, 0.25) is 0 Å². The molecule has 0 saturated heterocycles. The van der Waals surface area contributed by atoms with E-state index in [1.165, 1.54) is 43.5 Å². The molecule has 0 amide bonds. The second kappa shape index (κ2) is 5.96. The van der Waals surface area contributed by atoms with Crippen LogP contribution in [0.25, 0.3) is 0 Å². The normalized spacial score (nSPS) is 27.0. The van der Waals surface area contributed by atoms with Crippen LogP contribution in [-0.2, 0) is 0 Å². The van der Waals surface area contributed by atoms with E-state index in [2.05, 4.69) is 11.9 Å². The minimum absolute atomic E-state index is 0.420. The van der Waals surface area contributed by atoms with Gasteiger partial charge >= 0.3 is 0 Å². The molecule has 0 bridgehead atoms. The molecule has 1 aromatic rings. The van der Waals surface area contributed by atoms with E-state index in [0.29, 0.717) is 5.92 Å². The van der Waals surface area contributed by atoms with Crippen LogP contribution in [-0.4, -0.2) is 10.1 Å². The lowest BCUT2D eigenvalue weighted by atomic mass is 9.80. The number of hydrogen-bond donors (Lipinski definition) is 1. The van der Waals surface area contributed by atoms with Crippen LogP contribution in [0.3, 0.4) is 0 Å². The smallest absolute Gasteiger partial charge is 0.0960 e. The minimum Gasteiger partial charge on any atom is -0.387 e. The van der Waals surface area contributed by atoms with Crippen LogP contribution in [0, 0.1) is 5.92 Å². The Kier molecular flexibility index (Phi) is 4.57. The average Bonchev–Trinajstić information content (AvgIpc) is 2.80. The maximum atomic E-state index is 9.49. The molecule has 1 heterocycles. The van der Waals surface area contributed by atoms with Crippen LogP contribution >= 0.6 is 11.3 Å². The Morgan fingerprint density at radius 3 is 2.65 bits per heavy atom. The molecule has 1 unspecified atom stereocenters. The number of hydrogen-bond acceptors (Lipinski definition) is 3. The zero-order valence-electron chi connectivity index (χ0n) is 10.9. The van der Waals surface area contributed by atoms with Gasteiger partial charge in [0.1, 0.15) is 0 Å². The predicted molar refractivity (Wildman–Crippen MR) is 72.4 cm³/mol. The molecule has 0 aromatic carbocycles. The van der Waals surface area contributed by atoms with Gasteiger partial charge in [-0.15, -0.1) is 11.3 Å². The van der Waals surface area contributed by atoms with Gasteiger partial charge in [0.15, 0.2) is 0 Å². The van der Waals surface area contributed by atoms with E-state index >= 15 is 0 Å². The van der Waals surface area contributed by atoms with Crippen molar-refractivity contribution in [1.82, 2.24) is 4.98 Å². The van der Waals surface area contributed by atoms with E-state index in [-0.39, 0.29) is 0 Å². The monoisotopic (exact) mass is 253 g/mol. The van der Waals surface area contributed by atoms with Crippen LogP contribution in [0.1, 0.15) is 75.1 Å². The van der Waals surface area contributed by atoms with Gasteiger partial charge in [-0.1, -0.05) is 19.8 Å². The van der Waals surface area contributed by atoms with Crippen molar-refractivity contribution in [2.75, 3.05) is 0 Å². The second-order valence-corrected chi connectivity index (χ2v) is 6.18. The summed E-state index contributed by atoms with van der Waals surface area (Å²) in [6.07, 6.45) is 7.60. The summed E-state index contributed by atoms with van der Waals surface area (Å²) in [5, 5.41) is 12.7. The predicted octanol–water partition coefficient (Wildman–Crippen LogP) is 4.27. The zero-order chi connectivity index (χ0) is 12.3. The molecule has 0 radical (unpaired) electrons. The lowest BCUT2D eigenvalue weighted by molar-refractivity contribution is 0.194. The molecule has 0 spiro atoms. The fourth-order valence-corrected chi connectivity index (χ4v) is 3.86. The fraction of sp³-hybridized carbons (Fsp3) is 0.786. The number of nitrogens with zero attached hydrogens (tertiary/aromatic N) is 1. The SMILES string of the molecule is CCCC1CCC(c2nc(C(C)O)cs2)CC1. The first-order valence-electron chi connectivity index (χ1n) is 6.84. The molecule has 1 fully saturated rings. The van der Waals surface area contributed by atoms with E-state index in [1.807, 2.05) is 5.38 Å². The quantitative estimate of drug-likeness (QED) is 0.869. The third kappa shape index (κ3) is 3.29. The van der Waals surface area contributed by atoms with Gasteiger partial charge < -0.3 is 5.11 Å². The van der Waals surface area contributed by atoms with E-state index < -0.39 is 6.10 Å². The lowest BCUT2D eigenvalue weighted by Gasteiger charge is -2.27. The number of rotatable bonds is 4. The van der Waals surface area contributed by atoms with Gasteiger partial charge in [-0.2, -0.15) is 0 Å². The summed E-state index contributed by atoms with van der Waals surface area (Å²) in [6, 6.07) is 0. The number of thiazole rings is 1. The van der Waals surface area contributed by atoms with Gasteiger partial charge in [0.25, 0.3) is 0 Å². The Hall–Kier alpha value is -0.410. The van der Waals surface area contributed by atoms with Crippen molar-refractivity contribution in [3.63, 3.8) is 0 Å². The first kappa shape index (κ1) is 13.0. The maximum Gasteiger partial charge on any atom is 0.0960 e. The summed E-state index contributed by atoms with van der Waals surface area (Å²) in [4.78, 5) is 4.57. The highest BCUT2D eigenvalue weighted by atomic mass is 32.1. The van der Waals surface area contributed by atoms with Gasteiger partial charge in [0.05, 0.1) is 16.8 Å². The van der Waals surface area contributed by atoms with Gasteiger partial charge in [-0.25, -0.2) is 4.98 Å². The number of aromatic nitrogens is 1. The average molecular weight is 253 g/mol. The molecule has 2 rings (SSSR count). The first-order chi connectivity index (χ1) is 8.20. The van der Waals surface area contributed by atoms with Crippen molar-refractivity contribution in [2.24, 2.45) is 5.92 Å². The standard InChI is InChI=1S/C14H23NOS/c1-3-4-11-5-7-12(8-6-11)14-15-13(9-17-14)10(2)16/h9-12,16H,3-8H2,1-2H3. The Morgan fingerprint density at radius 2 is 2.12 bits per heavy atom. The van der Waals surface area contributed by atoms with Crippen molar-refractivity contribution in [2.45, 2.75) is 64.4 Å².